The number of hydrogen-bond acceptors (Lipinski definition) is 1. The van der Waals surface area contributed by atoms with Crippen LogP contribution in [0.4, 0.5) is 0 Å². The Hall–Kier alpha value is -1.29. The molecular formula is C12H13N. The summed E-state index contributed by atoms with van der Waals surface area (Å²) in [5, 5.41) is 8.82. The Morgan fingerprint density at radius 1 is 1.46 bits per heavy atom. The molecule has 1 atom stereocenters. The van der Waals surface area contributed by atoms with E-state index in [9.17, 15) is 0 Å². The van der Waals surface area contributed by atoms with Crippen molar-refractivity contribution in [1.82, 2.24) is 0 Å². The summed E-state index contributed by atoms with van der Waals surface area (Å²) in [7, 11) is 0. The Bertz CT molecular complexity index is 324. The van der Waals surface area contributed by atoms with Gasteiger partial charge < -0.3 is 0 Å². The first-order valence-corrected chi connectivity index (χ1v) is 4.77. The number of nitriles is 1. The predicted molar refractivity (Wildman–Crippen MR) is 52.8 cm³/mol. The monoisotopic (exact) mass is 171 g/mol. The first-order valence-electron chi connectivity index (χ1n) is 4.77. The first-order chi connectivity index (χ1) is 6.31. The minimum atomic E-state index is 0.463. The summed E-state index contributed by atoms with van der Waals surface area (Å²) in [4.78, 5) is 0. The molecule has 0 aliphatic heterocycles. The Morgan fingerprint density at radius 3 is 2.85 bits per heavy atom. The zero-order chi connectivity index (χ0) is 9.26. The van der Waals surface area contributed by atoms with E-state index >= 15 is 0 Å². The average Bonchev–Trinajstić information content (AvgIpc) is 2.91. The molecule has 0 saturated heterocycles. The third-order valence-electron chi connectivity index (χ3n) is 2.77. The highest BCUT2D eigenvalue weighted by Gasteiger charge is 2.31. The summed E-state index contributed by atoms with van der Waals surface area (Å²) in [5.41, 5.74) is 2.07. The lowest BCUT2D eigenvalue weighted by molar-refractivity contribution is 0.647. The van der Waals surface area contributed by atoms with E-state index in [4.69, 9.17) is 5.26 Å². The highest BCUT2D eigenvalue weighted by atomic mass is 14.4. The van der Waals surface area contributed by atoms with Gasteiger partial charge in [0.05, 0.1) is 6.07 Å². The van der Waals surface area contributed by atoms with Crippen molar-refractivity contribution in [3.63, 3.8) is 0 Å². The summed E-state index contributed by atoms with van der Waals surface area (Å²) >= 11 is 0. The van der Waals surface area contributed by atoms with Crippen LogP contribution < -0.4 is 0 Å². The van der Waals surface area contributed by atoms with Crippen molar-refractivity contribution >= 4 is 0 Å². The lowest BCUT2D eigenvalue weighted by atomic mass is 9.93. The van der Waals surface area contributed by atoms with Gasteiger partial charge in [-0.2, -0.15) is 5.26 Å². The maximum absolute atomic E-state index is 8.82. The van der Waals surface area contributed by atoms with Gasteiger partial charge in [0.25, 0.3) is 0 Å². The molecule has 0 radical (unpaired) electrons. The van der Waals surface area contributed by atoms with Gasteiger partial charge in [0.2, 0.25) is 0 Å². The van der Waals surface area contributed by atoms with Crippen molar-refractivity contribution < 1.29 is 0 Å². The number of allylic oxidation sites excluding steroid dienone is 5. The molecule has 13 heavy (non-hydrogen) atoms. The highest BCUT2D eigenvalue weighted by Crippen LogP contribution is 2.42. The Labute approximate surface area is 79.1 Å². The zero-order valence-corrected chi connectivity index (χ0v) is 7.66. The molecule has 0 aromatic rings. The van der Waals surface area contributed by atoms with E-state index in [2.05, 4.69) is 18.7 Å². The molecular weight excluding hydrogens is 158 g/mol. The molecule has 66 valence electrons. The predicted octanol–water partition coefficient (Wildman–Crippen LogP) is 2.98. The van der Waals surface area contributed by atoms with E-state index in [0.29, 0.717) is 5.92 Å². The molecule has 0 amide bonds. The summed E-state index contributed by atoms with van der Waals surface area (Å²) in [5.74, 6) is 1.24. The molecule has 0 aromatic heterocycles. The van der Waals surface area contributed by atoms with Gasteiger partial charge in [-0.3, -0.25) is 0 Å². The van der Waals surface area contributed by atoms with Crippen LogP contribution in [0.5, 0.6) is 0 Å². The van der Waals surface area contributed by atoms with Crippen LogP contribution >= 0.6 is 0 Å². The molecule has 0 bridgehead atoms. The van der Waals surface area contributed by atoms with Crippen LogP contribution in [0.15, 0.2) is 36.0 Å². The maximum Gasteiger partial charge on any atom is 0.0988 e. The van der Waals surface area contributed by atoms with Gasteiger partial charge in [0, 0.05) is 11.5 Å². The maximum atomic E-state index is 8.82. The van der Waals surface area contributed by atoms with Crippen LogP contribution in [-0.2, 0) is 0 Å². The van der Waals surface area contributed by atoms with Gasteiger partial charge in [-0.05, 0) is 31.3 Å². The van der Waals surface area contributed by atoms with Gasteiger partial charge >= 0.3 is 0 Å². The van der Waals surface area contributed by atoms with Crippen LogP contribution in [0.1, 0.15) is 19.3 Å². The van der Waals surface area contributed by atoms with E-state index in [1.165, 1.54) is 18.4 Å². The minimum Gasteiger partial charge on any atom is -0.192 e. The third-order valence-corrected chi connectivity index (χ3v) is 2.77. The van der Waals surface area contributed by atoms with E-state index in [-0.39, 0.29) is 0 Å². The van der Waals surface area contributed by atoms with Crippen molar-refractivity contribution in [2.24, 2.45) is 11.8 Å². The standard InChI is InChI=1S/C12H13N/c1-9-3-2-4-10(8-13)7-12(9)11-5-6-11/h2,4,7,11-12H,1,3,5-6H2. The summed E-state index contributed by atoms with van der Waals surface area (Å²) < 4.78 is 0. The Morgan fingerprint density at radius 2 is 2.23 bits per heavy atom. The number of rotatable bonds is 1. The third kappa shape index (κ3) is 1.72. The molecule has 2 aliphatic rings. The minimum absolute atomic E-state index is 0.463. The highest BCUT2D eigenvalue weighted by molar-refractivity contribution is 5.38. The van der Waals surface area contributed by atoms with E-state index in [0.717, 1.165) is 17.9 Å². The number of nitrogens with zero attached hydrogens (tertiary/aromatic N) is 1. The SMILES string of the molecule is C=C1CC=CC(C#N)=CC1C1CC1. The lowest BCUT2D eigenvalue weighted by Crippen LogP contribution is -2.01. The van der Waals surface area contributed by atoms with Crippen LogP contribution in [0.3, 0.4) is 0 Å². The molecule has 0 aromatic carbocycles. The fraction of sp³-hybridized carbons (Fsp3) is 0.417. The quantitative estimate of drug-likeness (QED) is 0.556. The molecule has 2 rings (SSSR count). The second-order valence-electron chi connectivity index (χ2n) is 3.86. The molecule has 0 spiro atoms. The van der Waals surface area contributed by atoms with Crippen LogP contribution in [-0.4, -0.2) is 0 Å². The molecule has 1 unspecified atom stereocenters. The molecule has 2 aliphatic carbocycles. The molecule has 1 nitrogen and oxygen atoms in total. The first kappa shape index (κ1) is 8.31. The molecule has 0 N–H and O–H groups in total. The zero-order valence-electron chi connectivity index (χ0n) is 7.66. The summed E-state index contributed by atoms with van der Waals surface area (Å²) in [6.45, 7) is 4.08. The van der Waals surface area contributed by atoms with E-state index in [1.54, 1.807) is 0 Å². The molecule has 0 heterocycles. The van der Waals surface area contributed by atoms with Gasteiger partial charge in [-0.25, -0.2) is 0 Å². The van der Waals surface area contributed by atoms with Crippen LogP contribution in [0.25, 0.3) is 0 Å². The normalized spacial score (nSPS) is 27.8. The largest absolute Gasteiger partial charge is 0.192 e. The van der Waals surface area contributed by atoms with E-state index < -0.39 is 0 Å². The van der Waals surface area contributed by atoms with E-state index in [1.807, 2.05) is 12.2 Å². The molecule has 1 heteroatoms. The second kappa shape index (κ2) is 3.22. The Balaban J connectivity index is 2.24. The van der Waals surface area contributed by atoms with Gasteiger partial charge in [-0.15, -0.1) is 0 Å². The topological polar surface area (TPSA) is 23.8 Å². The summed E-state index contributed by atoms with van der Waals surface area (Å²) in [6.07, 6.45) is 9.58. The average molecular weight is 171 g/mol. The second-order valence-corrected chi connectivity index (χ2v) is 3.86. The van der Waals surface area contributed by atoms with Crippen molar-refractivity contribution in [2.45, 2.75) is 19.3 Å². The number of hydrogen-bond donors (Lipinski definition) is 0. The van der Waals surface area contributed by atoms with Gasteiger partial charge in [0.1, 0.15) is 0 Å². The van der Waals surface area contributed by atoms with Crippen LogP contribution in [0.2, 0.25) is 0 Å². The van der Waals surface area contributed by atoms with Crippen molar-refractivity contribution in [1.29, 1.82) is 5.26 Å². The Kier molecular flexibility index (Phi) is 2.06. The summed E-state index contributed by atoms with van der Waals surface area (Å²) in [6, 6.07) is 2.21. The fourth-order valence-corrected chi connectivity index (χ4v) is 1.84. The molecule has 1 fully saturated rings. The van der Waals surface area contributed by atoms with Gasteiger partial charge in [-0.1, -0.05) is 24.3 Å². The van der Waals surface area contributed by atoms with Crippen molar-refractivity contribution in [3.05, 3.63) is 36.0 Å². The van der Waals surface area contributed by atoms with Crippen molar-refractivity contribution in [2.75, 3.05) is 0 Å². The van der Waals surface area contributed by atoms with Gasteiger partial charge in [0.15, 0.2) is 0 Å². The fourth-order valence-electron chi connectivity index (χ4n) is 1.84. The lowest BCUT2D eigenvalue weighted by Gasteiger charge is -2.11. The van der Waals surface area contributed by atoms with Crippen molar-refractivity contribution in [3.8, 4) is 6.07 Å². The molecule has 1 saturated carbocycles. The van der Waals surface area contributed by atoms with Crippen LogP contribution in [0, 0.1) is 23.2 Å². The smallest absolute Gasteiger partial charge is 0.0988 e.